The van der Waals surface area contributed by atoms with Crippen molar-refractivity contribution in [2.24, 2.45) is 7.05 Å². The van der Waals surface area contributed by atoms with Gasteiger partial charge in [-0.1, -0.05) is 6.07 Å². The summed E-state index contributed by atoms with van der Waals surface area (Å²) in [4.78, 5) is 38.4. The van der Waals surface area contributed by atoms with E-state index < -0.39 is 0 Å². The highest BCUT2D eigenvalue weighted by atomic mass is 16.2. The normalized spacial score (nSPS) is 18.3. The molecular weight excluding hydrogens is 334 g/mol. The van der Waals surface area contributed by atoms with Gasteiger partial charge in [0.1, 0.15) is 12.4 Å². The van der Waals surface area contributed by atoms with Gasteiger partial charge in [0.2, 0.25) is 5.91 Å². The van der Waals surface area contributed by atoms with Crippen molar-refractivity contribution < 1.29 is 4.79 Å². The SMILES string of the molecule is Cn1nc(C2CCN(C(=O)Cn3ccccc3=O)CC2)n(C2CC2)c1=O. The van der Waals surface area contributed by atoms with E-state index in [0.717, 1.165) is 31.5 Å². The molecule has 2 aromatic heterocycles. The van der Waals surface area contributed by atoms with Crippen LogP contribution in [0.25, 0.3) is 0 Å². The highest BCUT2D eigenvalue weighted by Gasteiger charge is 2.34. The highest BCUT2D eigenvalue weighted by Crippen LogP contribution is 2.37. The van der Waals surface area contributed by atoms with Crippen LogP contribution in [0.2, 0.25) is 0 Å². The van der Waals surface area contributed by atoms with E-state index in [4.69, 9.17) is 0 Å². The third-order valence-corrected chi connectivity index (χ3v) is 5.31. The molecule has 8 heteroatoms. The summed E-state index contributed by atoms with van der Waals surface area (Å²) in [5.74, 6) is 1.02. The summed E-state index contributed by atoms with van der Waals surface area (Å²) in [6.07, 6.45) is 5.30. The molecule has 138 valence electrons. The molecule has 1 amide bonds. The van der Waals surface area contributed by atoms with Crippen molar-refractivity contribution in [2.45, 2.75) is 44.2 Å². The molecule has 0 radical (unpaired) electrons. The van der Waals surface area contributed by atoms with Gasteiger partial charge in [-0.05, 0) is 31.7 Å². The Morgan fingerprint density at radius 1 is 1.15 bits per heavy atom. The van der Waals surface area contributed by atoms with Crippen LogP contribution in [0.5, 0.6) is 0 Å². The molecule has 3 heterocycles. The minimum atomic E-state index is -0.169. The number of hydrogen-bond acceptors (Lipinski definition) is 4. The fourth-order valence-corrected chi connectivity index (χ4v) is 3.68. The lowest BCUT2D eigenvalue weighted by Crippen LogP contribution is -2.41. The topological polar surface area (TPSA) is 82.1 Å². The van der Waals surface area contributed by atoms with Crippen LogP contribution in [0.1, 0.15) is 43.5 Å². The second-order valence-electron chi connectivity index (χ2n) is 7.19. The lowest BCUT2D eigenvalue weighted by atomic mass is 9.95. The third kappa shape index (κ3) is 3.11. The van der Waals surface area contributed by atoms with Gasteiger partial charge in [-0.2, -0.15) is 5.10 Å². The smallest absolute Gasteiger partial charge is 0.341 e. The maximum Gasteiger partial charge on any atom is 0.345 e. The first-order chi connectivity index (χ1) is 12.5. The molecular formula is C18H23N5O3. The van der Waals surface area contributed by atoms with Gasteiger partial charge in [0.15, 0.2) is 0 Å². The largest absolute Gasteiger partial charge is 0.345 e. The quantitative estimate of drug-likeness (QED) is 0.797. The van der Waals surface area contributed by atoms with Crippen LogP contribution in [0.3, 0.4) is 0 Å². The van der Waals surface area contributed by atoms with Crippen molar-refractivity contribution >= 4 is 5.91 Å². The molecule has 0 bridgehead atoms. The maximum atomic E-state index is 12.5. The lowest BCUT2D eigenvalue weighted by molar-refractivity contribution is -0.133. The second kappa shape index (κ2) is 6.59. The Hall–Kier alpha value is -2.64. The number of hydrogen-bond donors (Lipinski definition) is 0. The van der Waals surface area contributed by atoms with Gasteiger partial charge in [-0.3, -0.25) is 14.2 Å². The number of nitrogens with zero attached hydrogens (tertiary/aromatic N) is 5. The van der Waals surface area contributed by atoms with Gasteiger partial charge in [0.05, 0.1) is 0 Å². The molecule has 1 saturated heterocycles. The molecule has 1 saturated carbocycles. The number of carbonyl (C=O) groups excluding carboxylic acids is 1. The fourth-order valence-electron chi connectivity index (χ4n) is 3.68. The summed E-state index contributed by atoms with van der Waals surface area (Å²) in [5, 5.41) is 4.46. The Labute approximate surface area is 150 Å². The van der Waals surface area contributed by atoms with Gasteiger partial charge in [-0.15, -0.1) is 0 Å². The molecule has 2 fully saturated rings. The van der Waals surface area contributed by atoms with E-state index in [1.165, 1.54) is 15.3 Å². The van der Waals surface area contributed by atoms with Crippen molar-refractivity contribution in [1.82, 2.24) is 23.8 Å². The Balaban J connectivity index is 1.42. The van der Waals surface area contributed by atoms with Crippen LogP contribution in [0.4, 0.5) is 0 Å². The summed E-state index contributed by atoms with van der Waals surface area (Å²) < 4.78 is 4.70. The average molecular weight is 357 g/mol. The number of piperidine rings is 1. The van der Waals surface area contributed by atoms with Gasteiger partial charge in [0.25, 0.3) is 5.56 Å². The molecule has 26 heavy (non-hydrogen) atoms. The second-order valence-corrected chi connectivity index (χ2v) is 7.19. The first-order valence-corrected chi connectivity index (χ1v) is 9.13. The number of carbonyl (C=O) groups is 1. The van der Waals surface area contributed by atoms with Crippen LogP contribution in [-0.2, 0) is 18.4 Å². The van der Waals surface area contributed by atoms with Crippen molar-refractivity contribution in [1.29, 1.82) is 0 Å². The number of pyridine rings is 1. The number of likely N-dealkylation sites (tertiary alicyclic amines) is 1. The average Bonchev–Trinajstić information content (AvgIpc) is 3.43. The summed E-state index contributed by atoms with van der Waals surface area (Å²) in [6.45, 7) is 1.32. The maximum absolute atomic E-state index is 12.5. The van der Waals surface area contributed by atoms with Crippen molar-refractivity contribution in [2.75, 3.05) is 13.1 Å². The Kier molecular flexibility index (Phi) is 4.26. The summed E-state index contributed by atoms with van der Waals surface area (Å²) in [5.41, 5.74) is -0.206. The molecule has 0 unspecified atom stereocenters. The van der Waals surface area contributed by atoms with Gasteiger partial charge in [0, 0.05) is 44.4 Å². The monoisotopic (exact) mass is 357 g/mol. The number of amides is 1. The van der Waals surface area contributed by atoms with E-state index in [1.54, 1.807) is 30.3 Å². The first-order valence-electron chi connectivity index (χ1n) is 9.13. The predicted molar refractivity (Wildman–Crippen MR) is 95.0 cm³/mol. The number of aryl methyl sites for hydroxylation is 1. The molecule has 0 spiro atoms. The molecule has 2 aliphatic rings. The van der Waals surface area contributed by atoms with E-state index in [2.05, 4.69) is 5.10 Å². The van der Waals surface area contributed by atoms with E-state index in [1.807, 2.05) is 4.57 Å². The van der Waals surface area contributed by atoms with E-state index >= 15 is 0 Å². The van der Waals surface area contributed by atoms with E-state index in [0.29, 0.717) is 19.1 Å². The van der Waals surface area contributed by atoms with Crippen LogP contribution in [0.15, 0.2) is 34.0 Å². The Morgan fingerprint density at radius 3 is 2.54 bits per heavy atom. The molecule has 0 atom stereocenters. The van der Waals surface area contributed by atoms with Crippen LogP contribution in [-0.4, -0.2) is 42.8 Å². The fraction of sp³-hybridized carbons (Fsp3) is 0.556. The standard InChI is InChI=1S/C18H23N5O3/c1-20-18(26)23(14-5-6-14)17(19-20)13-7-10-21(11-8-13)16(25)12-22-9-3-2-4-15(22)24/h2-4,9,13-14H,5-8,10-12H2,1H3. The lowest BCUT2D eigenvalue weighted by Gasteiger charge is -2.31. The number of aromatic nitrogens is 4. The molecule has 0 N–H and O–H groups in total. The summed E-state index contributed by atoms with van der Waals surface area (Å²) >= 11 is 0. The molecule has 1 aliphatic heterocycles. The zero-order valence-corrected chi connectivity index (χ0v) is 14.9. The molecule has 4 rings (SSSR count). The predicted octanol–water partition coefficient (Wildman–Crippen LogP) is 0.485. The van der Waals surface area contributed by atoms with Crippen LogP contribution >= 0.6 is 0 Å². The van der Waals surface area contributed by atoms with Gasteiger partial charge >= 0.3 is 5.69 Å². The van der Waals surface area contributed by atoms with Gasteiger partial charge in [-0.25, -0.2) is 9.48 Å². The van der Waals surface area contributed by atoms with Crippen molar-refractivity contribution in [3.63, 3.8) is 0 Å². The summed E-state index contributed by atoms with van der Waals surface area (Å²) in [6, 6.07) is 5.17. The minimum absolute atomic E-state index is 0.0375. The zero-order chi connectivity index (χ0) is 18.3. The molecule has 0 aromatic carbocycles. The van der Waals surface area contributed by atoms with E-state index in [-0.39, 0.29) is 29.6 Å². The van der Waals surface area contributed by atoms with Crippen molar-refractivity contribution in [3.8, 4) is 0 Å². The third-order valence-electron chi connectivity index (χ3n) is 5.31. The first kappa shape index (κ1) is 16.8. The number of rotatable bonds is 4. The Morgan fingerprint density at radius 2 is 1.88 bits per heavy atom. The van der Waals surface area contributed by atoms with Crippen LogP contribution < -0.4 is 11.2 Å². The van der Waals surface area contributed by atoms with Crippen molar-refractivity contribution in [3.05, 3.63) is 51.1 Å². The molecule has 2 aromatic rings. The Bertz CT molecular complexity index is 929. The molecule has 1 aliphatic carbocycles. The van der Waals surface area contributed by atoms with Crippen LogP contribution in [0, 0.1) is 0 Å². The zero-order valence-electron chi connectivity index (χ0n) is 14.9. The van der Waals surface area contributed by atoms with E-state index in [9.17, 15) is 14.4 Å². The minimum Gasteiger partial charge on any atom is -0.341 e. The highest BCUT2D eigenvalue weighted by molar-refractivity contribution is 5.76. The summed E-state index contributed by atoms with van der Waals surface area (Å²) in [7, 11) is 1.70. The van der Waals surface area contributed by atoms with Gasteiger partial charge < -0.3 is 9.47 Å². The molecule has 8 nitrogen and oxygen atoms in total.